The fraction of sp³-hybridized carbons (Fsp3) is 0.250. The van der Waals surface area contributed by atoms with Crippen LogP contribution in [0.2, 0.25) is 10.0 Å². The first-order chi connectivity index (χ1) is 9.56. The lowest BCUT2D eigenvalue weighted by Crippen LogP contribution is -2.23. The van der Waals surface area contributed by atoms with Gasteiger partial charge in [-0.2, -0.15) is 0 Å². The predicted molar refractivity (Wildman–Crippen MR) is 86.2 cm³/mol. The van der Waals surface area contributed by atoms with E-state index in [1.165, 1.54) is 0 Å². The van der Waals surface area contributed by atoms with Crippen LogP contribution in [-0.2, 0) is 0 Å². The Morgan fingerprint density at radius 3 is 2.60 bits per heavy atom. The summed E-state index contributed by atoms with van der Waals surface area (Å²) in [7, 11) is 0. The van der Waals surface area contributed by atoms with E-state index in [0.29, 0.717) is 16.6 Å². The summed E-state index contributed by atoms with van der Waals surface area (Å²) >= 11 is 12.0. The molecule has 1 unspecified atom stereocenters. The maximum atomic E-state index is 6.11. The number of anilines is 1. The first-order valence-corrected chi connectivity index (χ1v) is 7.23. The number of halogens is 2. The monoisotopic (exact) mass is 309 g/mol. The van der Waals surface area contributed by atoms with E-state index in [0.717, 1.165) is 17.0 Å². The van der Waals surface area contributed by atoms with Crippen LogP contribution in [0.15, 0.2) is 42.5 Å². The van der Waals surface area contributed by atoms with E-state index >= 15 is 0 Å². The maximum Gasteiger partial charge on any atom is 0.122 e. The molecule has 0 aliphatic heterocycles. The summed E-state index contributed by atoms with van der Waals surface area (Å²) in [5.41, 5.74) is 1.99. The first kappa shape index (κ1) is 15.0. The van der Waals surface area contributed by atoms with Crippen LogP contribution < -0.4 is 10.1 Å². The first-order valence-electron chi connectivity index (χ1n) is 6.47. The largest absolute Gasteiger partial charge is 0.489 e. The molecular weight excluding hydrogens is 293 g/mol. The third kappa shape index (κ3) is 4.06. The summed E-state index contributed by atoms with van der Waals surface area (Å²) in [6.07, 6.45) is 0.0304. The molecule has 0 radical (unpaired) electrons. The lowest BCUT2D eigenvalue weighted by atomic mass is 10.2. The van der Waals surface area contributed by atoms with Crippen molar-refractivity contribution in [2.45, 2.75) is 20.0 Å². The van der Waals surface area contributed by atoms with Gasteiger partial charge in [-0.15, -0.1) is 0 Å². The number of hydrogen-bond donors (Lipinski definition) is 1. The summed E-state index contributed by atoms with van der Waals surface area (Å²) in [6, 6.07) is 13.4. The van der Waals surface area contributed by atoms with Gasteiger partial charge in [-0.25, -0.2) is 0 Å². The van der Waals surface area contributed by atoms with E-state index in [-0.39, 0.29) is 6.10 Å². The summed E-state index contributed by atoms with van der Waals surface area (Å²) in [6.45, 7) is 4.71. The molecule has 0 bridgehead atoms. The Bertz CT molecular complexity index is 586. The predicted octanol–water partition coefficient (Wildman–Crippen LogP) is 5.18. The molecule has 106 valence electrons. The van der Waals surface area contributed by atoms with Gasteiger partial charge >= 0.3 is 0 Å². The molecule has 2 rings (SSSR count). The number of ether oxygens (including phenoxy) is 1. The highest BCUT2D eigenvalue weighted by atomic mass is 35.5. The van der Waals surface area contributed by atoms with E-state index in [2.05, 4.69) is 5.32 Å². The van der Waals surface area contributed by atoms with Crippen molar-refractivity contribution in [2.75, 3.05) is 11.9 Å². The fourth-order valence-corrected chi connectivity index (χ4v) is 2.31. The fourth-order valence-electron chi connectivity index (χ4n) is 1.83. The van der Waals surface area contributed by atoms with Gasteiger partial charge in [0.25, 0.3) is 0 Å². The standard InChI is InChI=1S/C16H17Cl2NO/c1-11-5-3-4-6-16(11)20-12(2)10-19-15-8-7-13(17)9-14(15)18/h3-9,12,19H,10H2,1-2H3. The Morgan fingerprint density at radius 2 is 1.90 bits per heavy atom. The van der Waals surface area contributed by atoms with Crippen LogP contribution in [0, 0.1) is 6.92 Å². The molecule has 2 aromatic carbocycles. The van der Waals surface area contributed by atoms with Gasteiger partial charge in [0.2, 0.25) is 0 Å². The number of rotatable bonds is 5. The Balaban J connectivity index is 1.92. The van der Waals surface area contributed by atoms with Crippen LogP contribution in [-0.4, -0.2) is 12.6 Å². The van der Waals surface area contributed by atoms with Crippen molar-refractivity contribution in [3.63, 3.8) is 0 Å². The second-order valence-corrected chi connectivity index (χ2v) is 5.54. The number of aryl methyl sites for hydroxylation is 1. The van der Waals surface area contributed by atoms with Crippen LogP contribution in [0.5, 0.6) is 5.75 Å². The zero-order valence-corrected chi connectivity index (χ0v) is 13.0. The zero-order chi connectivity index (χ0) is 14.5. The summed E-state index contributed by atoms with van der Waals surface area (Å²) in [4.78, 5) is 0. The van der Waals surface area contributed by atoms with Crippen molar-refractivity contribution in [3.05, 3.63) is 58.1 Å². The van der Waals surface area contributed by atoms with Crippen molar-refractivity contribution in [2.24, 2.45) is 0 Å². The van der Waals surface area contributed by atoms with Gasteiger partial charge in [0.1, 0.15) is 11.9 Å². The minimum Gasteiger partial charge on any atom is -0.489 e. The third-order valence-corrected chi connectivity index (χ3v) is 3.48. The number of para-hydroxylation sites is 1. The number of hydrogen-bond acceptors (Lipinski definition) is 2. The molecule has 0 saturated heterocycles. The number of nitrogens with one attached hydrogen (secondary N) is 1. The quantitative estimate of drug-likeness (QED) is 0.821. The van der Waals surface area contributed by atoms with E-state index in [1.807, 2.05) is 50.2 Å². The molecule has 0 aromatic heterocycles. The Morgan fingerprint density at radius 1 is 1.15 bits per heavy atom. The molecule has 2 nitrogen and oxygen atoms in total. The van der Waals surface area contributed by atoms with Gasteiger partial charge in [-0.3, -0.25) is 0 Å². The Kier molecular flexibility index (Phi) is 5.16. The summed E-state index contributed by atoms with van der Waals surface area (Å²) < 4.78 is 5.90. The lowest BCUT2D eigenvalue weighted by Gasteiger charge is -2.18. The minimum atomic E-state index is 0.0304. The summed E-state index contributed by atoms with van der Waals surface area (Å²) in [5, 5.41) is 4.51. The maximum absolute atomic E-state index is 6.11. The topological polar surface area (TPSA) is 21.3 Å². The molecule has 20 heavy (non-hydrogen) atoms. The molecule has 0 amide bonds. The number of benzene rings is 2. The molecule has 1 N–H and O–H groups in total. The van der Waals surface area contributed by atoms with Crippen LogP contribution in [0.1, 0.15) is 12.5 Å². The van der Waals surface area contributed by atoms with Crippen LogP contribution in [0.4, 0.5) is 5.69 Å². The minimum absolute atomic E-state index is 0.0304. The molecule has 1 atom stereocenters. The highest BCUT2D eigenvalue weighted by Crippen LogP contribution is 2.25. The highest BCUT2D eigenvalue weighted by Gasteiger charge is 2.07. The zero-order valence-electron chi connectivity index (χ0n) is 11.5. The normalized spacial score (nSPS) is 12.0. The molecule has 0 fully saturated rings. The summed E-state index contributed by atoms with van der Waals surface area (Å²) in [5.74, 6) is 0.906. The van der Waals surface area contributed by atoms with Gasteiger partial charge in [0.15, 0.2) is 0 Å². The average Bonchev–Trinajstić information content (AvgIpc) is 2.40. The highest BCUT2D eigenvalue weighted by molar-refractivity contribution is 6.36. The van der Waals surface area contributed by atoms with Crippen molar-refractivity contribution in [1.29, 1.82) is 0 Å². The molecule has 0 heterocycles. The molecule has 0 saturated carbocycles. The van der Waals surface area contributed by atoms with Gasteiger partial charge in [-0.05, 0) is 43.7 Å². The molecule has 4 heteroatoms. The van der Waals surface area contributed by atoms with Gasteiger partial charge in [0, 0.05) is 5.02 Å². The second-order valence-electron chi connectivity index (χ2n) is 4.70. The Labute approximate surface area is 129 Å². The molecule has 0 spiro atoms. The SMILES string of the molecule is Cc1ccccc1OC(C)CNc1ccc(Cl)cc1Cl. The van der Waals surface area contributed by atoms with Crippen LogP contribution >= 0.6 is 23.2 Å². The van der Waals surface area contributed by atoms with Crippen LogP contribution in [0.25, 0.3) is 0 Å². The molecule has 0 aliphatic rings. The molecule has 2 aromatic rings. The second kappa shape index (κ2) is 6.87. The van der Waals surface area contributed by atoms with Crippen LogP contribution in [0.3, 0.4) is 0 Å². The smallest absolute Gasteiger partial charge is 0.122 e. The van der Waals surface area contributed by atoms with Crippen molar-refractivity contribution < 1.29 is 4.74 Å². The van der Waals surface area contributed by atoms with Gasteiger partial charge < -0.3 is 10.1 Å². The van der Waals surface area contributed by atoms with Crippen molar-refractivity contribution in [3.8, 4) is 5.75 Å². The van der Waals surface area contributed by atoms with E-state index in [1.54, 1.807) is 6.07 Å². The third-order valence-electron chi connectivity index (χ3n) is 2.93. The Hall–Kier alpha value is -1.38. The van der Waals surface area contributed by atoms with Gasteiger partial charge in [-0.1, -0.05) is 41.4 Å². The molecular formula is C16H17Cl2NO. The van der Waals surface area contributed by atoms with Gasteiger partial charge in [0.05, 0.1) is 17.3 Å². The average molecular weight is 310 g/mol. The van der Waals surface area contributed by atoms with E-state index in [4.69, 9.17) is 27.9 Å². The molecule has 0 aliphatic carbocycles. The van der Waals surface area contributed by atoms with Crippen molar-refractivity contribution in [1.82, 2.24) is 0 Å². The lowest BCUT2D eigenvalue weighted by molar-refractivity contribution is 0.233. The van der Waals surface area contributed by atoms with E-state index in [9.17, 15) is 0 Å². The van der Waals surface area contributed by atoms with Crippen molar-refractivity contribution >= 4 is 28.9 Å². The van der Waals surface area contributed by atoms with E-state index < -0.39 is 0 Å².